The number of carbonyl (C=O) groups excluding carboxylic acids is 2. The van der Waals surface area contributed by atoms with E-state index in [0.29, 0.717) is 27.1 Å². The molecule has 39 heavy (non-hydrogen) atoms. The van der Waals surface area contributed by atoms with Gasteiger partial charge in [0.15, 0.2) is 16.0 Å². The number of hydrogen-bond donors (Lipinski definition) is 3. The van der Waals surface area contributed by atoms with E-state index in [-0.39, 0.29) is 17.4 Å². The van der Waals surface area contributed by atoms with E-state index in [1.54, 1.807) is 48.7 Å². The Morgan fingerprint density at radius 2 is 1.72 bits per heavy atom. The Bertz CT molecular complexity index is 1540. The minimum absolute atomic E-state index is 0.00337. The zero-order chi connectivity index (χ0) is 27.9. The maximum atomic E-state index is 12.8. The van der Waals surface area contributed by atoms with Gasteiger partial charge in [0, 0.05) is 44.9 Å². The number of benzene rings is 3. The van der Waals surface area contributed by atoms with Gasteiger partial charge in [0.1, 0.15) is 0 Å². The minimum atomic E-state index is -0.457. The molecule has 9 nitrogen and oxygen atoms in total. The fourth-order valence-electron chi connectivity index (χ4n) is 3.44. The fourth-order valence-corrected chi connectivity index (χ4v) is 5.32. The first kappa shape index (κ1) is 27.9. The second-order valence-electron chi connectivity index (χ2n) is 8.34. The van der Waals surface area contributed by atoms with Crippen LogP contribution >= 0.6 is 35.3 Å². The summed E-state index contributed by atoms with van der Waals surface area (Å²) in [5.74, 6) is -0.221. The number of thioether (sulfide) groups is 1. The number of ketones is 1. The smallest absolute Gasteiger partial charge is 0.270 e. The van der Waals surface area contributed by atoms with Crippen LogP contribution in [-0.4, -0.2) is 32.0 Å². The van der Waals surface area contributed by atoms with Crippen molar-refractivity contribution in [3.8, 4) is 11.3 Å². The number of hydrogen-bond acceptors (Lipinski definition) is 8. The number of nitro benzene ring substituents is 1. The standard InChI is InChI=1S/C27H23N5O4S3/c1-16(33)18-9-11-20(12-10-18)28-26(37)29-21-6-4-8-23(14-21)39-17(2)25(34)31-27-30-24(15-38-27)19-5-3-7-22(13-19)32(35)36/h3-15,17H,1-2H3,(H2,28,29,37)(H,30,31,34). The Morgan fingerprint density at radius 3 is 2.44 bits per heavy atom. The number of thiocarbonyl (C=S) groups is 1. The van der Waals surface area contributed by atoms with Gasteiger partial charge in [-0.3, -0.25) is 19.7 Å². The summed E-state index contributed by atoms with van der Waals surface area (Å²) in [4.78, 5) is 40.1. The number of amides is 1. The van der Waals surface area contributed by atoms with Crippen LogP contribution in [0, 0.1) is 10.1 Å². The van der Waals surface area contributed by atoms with Crippen LogP contribution in [0.2, 0.25) is 0 Å². The fraction of sp³-hybridized carbons (Fsp3) is 0.111. The number of carbonyl (C=O) groups is 2. The van der Waals surface area contributed by atoms with Crippen molar-refractivity contribution in [2.45, 2.75) is 24.0 Å². The molecule has 0 aliphatic rings. The van der Waals surface area contributed by atoms with Gasteiger partial charge in [-0.2, -0.15) is 0 Å². The number of Topliss-reactive ketones (excluding diaryl/α,β-unsaturated/α-hetero) is 1. The molecule has 1 heterocycles. The number of aromatic nitrogens is 1. The Morgan fingerprint density at radius 1 is 1.00 bits per heavy atom. The van der Waals surface area contributed by atoms with Crippen LogP contribution in [0.15, 0.2) is 83.1 Å². The van der Waals surface area contributed by atoms with E-state index in [4.69, 9.17) is 12.2 Å². The summed E-state index contributed by atoms with van der Waals surface area (Å²) in [5, 5.41) is 22.2. The molecule has 0 saturated heterocycles. The van der Waals surface area contributed by atoms with Gasteiger partial charge >= 0.3 is 0 Å². The second kappa shape index (κ2) is 12.6. The molecule has 4 aromatic rings. The van der Waals surface area contributed by atoms with E-state index in [0.717, 1.165) is 16.3 Å². The predicted molar refractivity (Wildman–Crippen MR) is 161 cm³/mol. The van der Waals surface area contributed by atoms with Gasteiger partial charge in [0.05, 0.1) is 15.9 Å². The highest BCUT2D eigenvalue weighted by molar-refractivity contribution is 8.00. The molecule has 1 amide bonds. The van der Waals surface area contributed by atoms with Crippen molar-refractivity contribution in [2.75, 3.05) is 16.0 Å². The van der Waals surface area contributed by atoms with Gasteiger partial charge in [-0.15, -0.1) is 23.1 Å². The molecule has 3 N–H and O–H groups in total. The summed E-state index contributed by atoms with van der Waals surface area (Å²) in [5.41, 5.74) is 3.27. The lowest BCUT2D eigenvalue weighted by Crippen LogP contribution is -2.22. The number of nitrogens with zero attached hydrogens (tertiary/aromatic N) is 2. The summed E-state index contributed by atoms with van der Waals surface area (Å²) < 4.78 is 0. The monoisotopic (exact) mass is 577 g/mol. The van der Waals surface area contributed by atoms with Crippen LogP contribution < -0.4 is 16.0 Å². The predicted octanol–water partition coefficient (Wildman–Crippen LogP) is 6.85. The van der Waals surface area contributed by atoms with Gasteiger partial charge in [-0.25, -0.2) is 4.98 Å². The van der Waals surface area contributed by atoms with Crippen LogP contribution in [0.25, 0.3) is 11.3 Å². The van der Waals surface area contributed by atoms with Crippen LogP contribution in [0.4, 0.5) is 22.2 Å². The summed E-state index contributed by atoms with van der Waals surface area (Å²) >= 11 is 8.04. The first-order chi connectivity index (χ1) is 18.7. The third-order valence-corrected chi connectivity index (χ3v) is 7.47. The van der Waals surface area contributed by atoms with Crippen LogP contribution in [-0.2, 0) is 4.79 Å². The van der Waals surface area contributed by atoms with E-state index in [1.807, 2.05) is 24.3 Å². The SMILES string of the molecule is CC(=O)c1ccc(NC(=S)Nc2cccc(SC(C)C(=O)Nc3nc(-c4cccc([N+](=O)[O-])c4)cs3)c2)cc1. The van der Waals surface area contributed by atoms with Crippen LogP contribution in [0.1, 0.15) is 24.2 Å². The number of nitro groups is 1. The molecule has 0 saturated carbocycles. The van der Waals surface area contributed by atoms with E-state index in [2.05, 4.69) is 20.9 Å². The molecule has 0 aliphatic carbocycles. The highest BCUT2D eigenvalue weighted by atomic mass is 32.2. The van der Waals surface area contributed by atoms with Gasteiger partial charge in [-0.05, 0) is 68.5 Å². The summed E-state index contributed by atoms with van der Waals surface area (Å²) in [6.07, 6.45) is 0. The van der Waals surface area contributed by atoms with E-state index >= 15 is 0 Å². The molecule has 1 aromatic heterocycles. The third kappa shape index (κ3) is 7.69. The quantitative estimate of drug-likeness (QED) is 0.0643. The van der Waals surface area contributed by atoms with Crippen molar-refractivity contribution in [1.29, 1.82) is 0 Å². The average Bonchev–Trinajstić information content (AvgIpc) is 3.37. The van der Waals surface area contributed by atoms with Crippen LogP contribution in [0.3, 0.4) is 0 Å². The number of anilines is 3. The maximum absolute atomic E-state index is 12.8. The van der Waals surface area contributed by atoms with E-state index in [1.165, 1.54) is 42.2 Å². The first-order valence-corrected chi connectivity index (χ1v) is 13.8. The zero-order valence-corrected chi connectivity index (χ0v) is 23.3. The zero-order valence-electron chi connectivity index (χ0n) is 20.8. The van der Waals surface area contributed by atoms with Crippen molar-refractivity contribution in [1.82, 2.24) is 4.98 Å². The molecular formula is C27H23N5O4S3. The van der Waals surface area contributed by atoms with E-state index < -0.39 is 10.2 Å². The van der Waals surface area contributed by atoms with Crippen molar-refractivity contribution >= 4 is 74.3 Å². The maximum Gasteiger partial charge on any atom is 0.270 e. The number of nitrogens with one attached hydrogen (secondary N) is 3. The van der Waals surface area contributed by atoms with E-state index in [9.17, 15) is 19.7 Å². The lowest BCUT2D eigenvalue weighted by Gasteiger charge is -2.13. The lowest BCUT2D eigenvalue weighted by atomic mass is 10.1. The summed E-state index contributed by atoms with van der Waals surface area (Å²) in [6, 6.07) is 20.8. The Balaban J connectivity index is 1.32. The summed E-state index contributed by atoms with van der Waals surface area (Å²) in [7, 11) is 0. The van der Waals surface area contributed by atoms with Gasteiger partial charge in [0.25, 0.3) is 5.69 Å². The molecule has 4 rings (SSSR count). The normalized spacial score (nSPS) is 11.3. The molecule has 0 aliphatic heterocycles. The number of thiazole rings is 1. The van der Waals surface area contributed by atoms with Crippen LogP contribution in [0.5, 0.6) is 0 Å². The largest absolute Gasteiger partial charge is 0.332 e. The minimum Gasteiger partial charge on any atom is -0.332 e. The molecule has 198 valence electrons. The topological polar surface area (TPSA) is 126 Å². The Labute approximate surface area is 238 Å². The molecule has 0 fully saturated rings. The average molecular weight is 578 g/mol. The van der Waals surface area contributed by atoms with Gasteiger partial charge in [0.2, 0.25) is 5.91 Å². The molecule has 12 heteroatoms. The summed E-state index contributed by atoms with van der Waals surface area (Å²) in [6.45, 7) is 3.31. The Hall–Kier alpha value is -4.13. The molecular weight excluding hydrogens is 555 g/mol. The highest BCUT2D eigenvalue weighted by Crippen LogP contribution is 2.30. The number of rotatable bonds is 9. The molecule has 0 radical (unpaired) electrons. The lowest BCUT2D eigenvalue weighted by molar-refractivity contribution is -0.384. The molecule has 1 unspecified atom stereocenters. The Kier molecular flexibility index (Phi) is 9.02. The molecule has 3 aromatic carbocycles. The highest BCUT2D eigenvalue weighted by Gasteiger charge is 2.17. The van der Waals surface area contributed by atoms with Crippen molar-refractivity contribution < 1.29 is 14.5 Å². The number of non-ortho nitro benzene ring substituents is 1. The van der Waals surface area contributed by atoms with Crippen molar-refractivity contribution in [2.24, 2.45) is 0 Å². The van der Waals surface area contributed by atoms with Gasteiger partial charge in [-0.1, -0.05) is 18.2 Å². The molecule has 1 atom stereocenters. The van der Waals surface area contributed by atoms with Crippen molar-refractivity contribution in [3.63, 3.8) is 0 Å². The third-order valence-electron chi connectivity index (χ3n) is 5.41. The molecule has 0 spiro atoms. The first-order valence-electron chi connectivity index (χ1n) is 11.6. The molecule has 0 bridgehead atoms. The van der Waals surface area contributed by atoms with Gasteiger partial charge < -0.3 is 16.0 Å². The second-order valence-corrected chi connectivity index (χ2v) is 11.0. The van der Waals surface area contributed by atoms with Crippen molar-refractivity contribution in [3.05, 3.63) is 93.9 Å².